The molecule has 1 aliphatic rings. The standard InChI is InChI=1S/C12H24N2O3S.ClH/c1-10(2)8-18(16,17)9-12(15)14-7-11-4-3-5-13-6-11;/h10-11,13H,3-9H2,1-2H3,(H,14,15);1H. The molecule has 5 nitrogen and oxygen atoms in total. The highest BCUT2D eigenvalue weighted by Crippen LogP contribution is 2.08. The molecular weight excluding hydrogens is 288 g/mol. The van der Waals surface area contributed by atoms with Crippen LogP contribution >= 0.6 is 12.4 Å². The second-order valence-electron chi connectivity index (χ2n) is 5.46. The molecule has 2 N–H and O–H groups in total. The Morgan fingerprint density at radius 2 is 2.11 bits per heavy atom. The van der Waals surface area contributed by atoms with Crippen LogP contribution in [0.15, 0.2) is 0 Å². The Labute approximate surface area is 122 Å². The summed E-state index contributed by atoms with van der Waals surface area (Å²) in [6, 6.07) is 0. The second-order valence-corrected chi connectivity index (χ2v) is 7.57. The van der Waals surface area contributed by atoms with Crippen molar-refractivity contribution in [3.05, 3.63) is 0 Å². The van der Waals surface area contributed by atoms with Crippen LogP contribution in [-0.2, 0) is 14.6 Å². The molecular formula is C12H25ClN2O3S. The summed E-state index contributed by atoms with van der Waals surface area (Å²) in [5.41, 5.74) is 0. The van der Waals surface area contributed by atoms with Crippen LogP contribution < -0.4 is 10.6 Å². The van der Waals surface area contributed by atoms with E-state index >= 15 is 0 Å². The minimum absolute atomic E-state index is 0. The van der Waals surface area contributed by atoms with Gasteiger partial charge in [0.15, 0.2) is 9.84 Å². The Kier molecular flexibility index (Phi) is 8.61. The number of sulfone groups is 1. The quantitative estimate of drug-likeness (QED) is 0.753. The van der Waals surface area contributed by atoms with Gasteiger partial charge in [-0.2, -0.15) is 0 Å². The van der Waals surface area contributed by atoms with Crippen LogP contribution in [0.3, 0.4) is 0 Å². The van der Waals surface area contributed by atoms with Gasteiger partial charge in [-0.05, 0) is 37.8 Å². The lowest BCUT2D eigenvalue weighted by Gasteiger charge is -2.22. The van der Waals surface area contributed by atoms with Crippen LogP contribution in [0.1, 0.15) is 26.7 Å². The highest BCUT2D eigenvalue weighted by atomic mass is 35.5. The number of nitrogens with one attached hydrogen (secondary N) is 2. The molecule has 1 fully saturated rings. The maximum atomic E-state index is 11.6. The lowest BCUT2D eigenvalue weighted by Crippen LogP contribution is -2.40. The van der Waals surface area contributed by atoms with E-state index in [1.54, 1.807) is 0 Å². The summed E-state index contributed by atoms with van der Waals surface area (Å²) in [5, 5.41) is 5.99. The van der Waals surface area contributed by atoms with Gasteiger partial charge in [0.25, 0.3) is 0 Å². The lowest BCUT2D eigenvalue weighted by molar-refractivity contribution is -0.118. The fourth-order valence-electron chi connectivity index (χ4n) is 2.17. The number of hydrogen-bond acceptors (Lipinski definition) is 4. The van der Waals surface area contributed by atoms with E-state index in [4.69, 9.17) is 0 Å². The van der Waals surface area contributed by atoms with Crippen molar-refractivity contribution >= 4 is 28.2 Å². The molecule has 0 radical (unpaired) electrons. The minimum Gasteiger partial charge on any atom is -0.355 e. The fourth-order valence-corrected chi connectivity index (χ4v) is 3.81. The van der Waals surface area contributed by atoms with Crippen molar-refractivity contribution < 1.29 is 13.2 Å². The van der Waals surface area contributed by atoms with Gasteiger partial charge < -0.3 is 10.6 Å². The highest BCUT2D eigenvalue weighted by Gasteiger charge is 2.19. The van der Waals surface area contributed by atoms with E-state index in [2.05, 4.69) is 10.6 Å². The van der Waals surface area contributed by atoms with Crippen molar-refractivity contribution in [2.24, 2.45) is 11.8 Å². The summed E-state index contributed by atoms with van der Waals surface area (Å²) in [5.74, 6) is -0.196. The maximum absolute atomic E-state index is 11.6. The van der Waals surface area contributed by atoms with Gasteiger partial charge >= 0.3 is 0 Å². The molecule has 0 aliphatic carbocycles. The first-order valence-corrected chi connectivity index (χ1v) is 8.39. The summed E-state index contributed by atoms with van der Waals surface area (Å²) in [6.45, 7) is 6.18. The molecule has 1 rings (SSSR count). The molecule has 0 bridgehead atoms. The highest BCUT2D eigenvalue weighted by molar-refractivity contribution is 7.92. The van der Waals surface area contributed by atoms with E-state index in [1.807, 2.05) is 13.8 Å². The van der Waals surface area contributed by atoms with Crippen LogP contribution in [0.5, 0.6) is 0 Å². The van der Waals surface area contributed by atoms with Crippen LogP contribution in [0, 0.1) is 11.8 Å². The van der Waals surface area contributed by atoms with E-state index < -0.39 is 9.84 Å². The molecule has 1 saturated heterocycles. The van der Waals surface area contributed by atoms with Gasteiger partial charge in [0.1, 0.15) is 5.75 Å². The minimum atomic E-state index is -3.26. The molecule has 1 unspecified atom stereocenters. The summed E-state index contributed by atoms with van der Waals surface area (Å²) < 4.78 is 23.3. The SMILES string of the molecule is CC(C)CS(=O)(=O)CC(=O)NCC1CCCNC1.Cl. The van der Waals surface area contributed by atoms with Crippen molar-refractivity contribution in [2.45, 2.75) is 26.7 Å². The molecule has 7 heteroatoms. The Bertz CT molecular complexity index is 365. The first kappa shape index (κ1) is 18.7. The number of carbonyl (C=O) groups is 1. The lowest BCUT2D eigenvalue weighted by atomic mass is 10.00. The Balaban J connectivity index is 0.00000324. The van der Waals surface area contributed by atoms with Crippen molar-refractivity contribution in [3.8, 4) is 0 Å². The van der Waals surface area contributed by atoms with E-state index in [9.17, 15) is 13.2 Å². The van der Waals surface area contributed by atoms with E-state index in [0.29, 0.717) is 12.5 Å². The van der Waals surface area contributed by atoms with Gasteiger partial charge in [0.2, 0.25) is 5.91 Å². The number of amides is 1. The average Bonchev–Trinajstić information content (AvgIpc) is 2.25. The molecule has 0 aromatic carbocycles. The number of rotatable bonds is 6. The van der Waals surface area contributed by atoms with Gasteiger partial charge in [-0.3, -0.25) is 4.79 Å². The molecule has 114 valence electrons. The Hall–Kier alpha value is -0.330. The monoisotopic (exact) mass is 312 g/mol. The van der Waals surface area contributed by atoms with Crippen molar-refractivity contribution in [1.29, 1.82) is 0 Å². The number of hydrogen-bond donors (Lipinski definition) is 2. The third-order valence-corrected chi connectivity index (χ3v) is 4.80. The molecule has 0 saturated carbocycles. The van der Waals surface area contributed by atoms with Crippen LogP contribution in [0.2, 0.25) is 0 Å². The first-order chi connectivity index (χ1) is 8.39. The molecule has 1 aliphatic heterocycles. The largest absolute Gasteiger partial charge is 0.355 e. The van der Waals surface area contributed by atoms with Gasteiger partial charge in [-0.1, -0.05) is 13.8 Å². The van der Waals surface area contributed by atoms with E-state index in [1.165, 1.54) is 0 Å². The topological polar surface area (TPSA) is 75.3 Å². The Morgan fingerprint density at radius 3 is 2.63 bits per heavy atom. The molecule has 1 amide bonds. The van der Waals surface area contributed by atoms with E-state index in [-0.39, 0.29) is 35.7 Å². The third kappa shape index (κ3) is 8.44. The molecule has 1 heterocycles. The number of halogens is 1. The van der Waals surface area contributed by atoms with Gasteiger partial charge in [-0.25, -0.2) is 8.42 Å². The number of carbonyl (C=O) groups excluding carboxylic acids is 1. The summed E-state index contributed by atoms with van der Waals surface area (Å²) in [4.78, 5) is 11.6. The van der Waals surface area contributed by atoms with E-state index in [0.717, 1.165) is 25.9 Å². The zero-order chi connectivity index (χ0) is 13.6. The maximum Gasteiger partial charge on any atom is 0.235 e. The van der Waals surface area contributed by atoms with Gasteiger partial charge in [0.05, 0.1) is 5.75 Å². The average molecular weight is 313 g/mol. The molecule has 19 heavy (non-hydrogen) atoms. The van der Waals surface area contributed by atoms with Crippen LogP contribution in [0.25, 0.3) is 0 Å². The van der Waals surface area contributed by atoms with Crippen LogP contribution in [-0.4, -0.2) is 45.5 Å². The zero-order valence-electron chi connectivity index (χ0n) is 11.6. The van der Waals surface area contributed by atoms with Gasteiger partial charge in [0, 0.05) is 6.54 Å². The summed E-state index contributed by atoms with van der Waals surface area (Å²) in [7, 11) is -3.26. The summed E-state index contributed by atoms with van der Waals surface area (Å²) in [6.07, 6.45) is 2.21. The third-order valence-electron chi connectivity index (χ3n) is 2.93. The smallest absolute Gasteiger partial charge is 0.235 e. The Morgan fingerprint density at radius 1 is 1.42 bits per heavy atom. The predicted molar refractivity (Wildman–Crippen MR) is 79.3 cm³/mol. The molecule has 1 atom stereocenters. The van der Waals surface area contributed by atoms with Crippen LogP contribution in [0.4, 0.5) is 0 Å². The summed E-state index contributed by atoms with van der Waals surface area (Å²) >= 11 is 0. The molecule has 0 spiro atoms. The second kappa shape index (κ2) is 8.76. The predicted octanol–water partition coefficient (Wildman–Crippen LogP) is 0.595. The van der Waals surface area contributed by atoms with Crippen molar-refractivity contribution in [3.63, 3.8) is 0 Å². The molecule has 0 aromatic heterocycles. The fraction of sp³-hybridized carbons (Fsp3) is 0.917. The van der Waals surface area contributed by atoms with Crippen molar-refractivity contribution in [1.82, 2.24) is 10.6 Å². The molecule has 0 aromatic rings. The normalized spacial score (nSPS) is 19.8. The first-order valence-electron chi connectivity index (χ1n) is 6.57. The number of piperidine rings is 1. The zero-order valence-corrected chi connectivity index (χ0v) is 13.3. The van der Waals surface area contributed by atoms with Gasteiger partial charge in [-0.15, -0.1) is 12.4 Å². The van der Waals surface area contributed by atoms with Crippen molar-refractivity contribution in [2.75, 3.05) is 31.1 Å².